The minimum Gasteiger partial charge on any atom is -0.461 e. The molecule has 0 bridgehead atoms. The summed E-state index contributed by atoms with van der Waals surface area (Å²) in [6.45, 7) is 3.64. The molecule has 1 fully saturated rings. The number of piperidine rings is 1. The highest BCUT2D eigenvalue weighted by atomic mass is 19.1. The van der Waals surface area contributed by atoms with E-state index in [0.717, 1.165) is 61.4 Å². The van der Waals surface area contributed by atoms with Crippen molar-refractivity contribution in [1.29, 1.82) is 0 Å². The van der Waals surface area contributed by atoms with Gasteiger partial charge in [-0.05, 0) is 73.8 Å². The predicted octanol–water partition coefficient (Wildman–Crippen LogP) is 4.13. The molecule has 35 heavy (non-hydrogen) atoms. The van der Waals surface area contributed by atoms with E-state index in [2.05, 4.69) is 19.4 Å². The number of fused-ring (bicyclic) bond motifs is 1. The molecule has 180 valence electrons. The Morgan fingerprint density at radius 2 is 1.86 bits per heavy atom. The fourth-order valence-electron chi connectivity index (χ4n) is 4.61. The van der Waals surface area contributed by atoms with Gasteiger partial charge in [-0.3, -0.25) is 9.88 Å². The number of imidazole rings is 1. The molecule has 1 aliphatic heterocycles. The van der Waals surface area contributed by atoms with Gasteiger partial charge in [0.1, 0.15) is 23.8 Å². The van der Waals surface area contributed by atoms with Gasteiger partial charge in [-0.2, -0.15) is 0 Å². The van der Waals surface area contributed by atoms with Crippen LogP contribution in [-0.2, 0) is 17.7 Å². The zero-order chi connectivity index (χ0) is 24.0. The molecule has 0 spiro atoms. The van der Waals surface area contributed by atoms with Crippen molar-refractivity contribution in [3.8, 4) is 0 Å². The topological polar surface area (TPSA) is 73.1 Å². The van der Waals surface area contributed by atoms with Crippen molar-refractivity contribution in [2.45, 2.75) is 25.8 Å². The number of carbonyl (C=O) groups excluding carboxylic acids is 1. The summed E-state index contributed by atoms with van der Waals surface area (Å²) < 4.78 is 20.9. The van der Waals surface area contributed by atoms with Gasteiger partial charge < -0.3 is 9.30 Å². The minimum absolute atomic E-state index is 0.235. The Morgan fingerprint density at radius 1 is 1.06 bits per heavy atom. The maximum Gasteiger partial charge on any atom is 0.339 e. The number of ether oxygens (including phenoxy) is 1. The standard InChI is InChI=1S/C27H28FN5O2/c28-23-7-5-21(6-8-23)19-33-25(31-24-4-2-12-30-26(24)33)17-20-9-13-32(14-10-20)15-16-35-27(34)22-3-1-11-29-18-22/h1-8,11-12,18,20H,9-10,13-17,19H2. The maximum atomic E-state index is 13.4. The molecule has 7 nitrogen and oxygen atoms in total. The molecule has 0 atom stereocenters. The average Bonchev–Trinajstić information content (AvgIpc) is 3.23. The van der Waals surface area contributed by atoms with Gasteiger partial charge in [0.15, 0.2) is 5.65 Å². The van der Waals surface area contributed by atoms with Gasteiger partial charge in [0.2, 0.25) is 0 Å². The van der Waals surface area contributed by atoms with E-state index in [1.165, 1.54) is 18.3 Å². The zero-order valence-corrected chi connectivity index (χ0v) is 19.5. The third-order valence-corrected chi connectivity index (χ3v) is 6.55. The van der Waals surface area contributed by atoms with Gasteiger partial charge in [0, 0.05) is 31.6 Å². The van der Waals surface area contributed by atoms with Crippen LogP contribution in [0.15, 0.2) is 67.1 Å². The molecule has 8 heteroatoms. The number of hydrogen-bond acceptors (Lipinski definition) is 6. The van der Waals surface area contributed by atoms with E-state index >= 15 is 0 Å². The van der Waals surface area contributed by atoms with Crippen molar-refractivity contribution in [3.63, 3.8) is 0 Å². The van der Waals surface area contributed by atoms with Crippen LogP contribution in [0.4, 0.5) is 4.39 Å². The number of rotatable bonds is 8. The summed E-state index contributed by atoms with van der Waals surface area (Å²) in [6.07, 6.45) is 7.94. The Kier molecular flexibility index (Phi) is 7.09. The first kappa shape index (κ1) is 23.1. The van der Waals surface area contributed by atoms with E-state index in [9.17, 15) is 9.18 Å². The van der Waals surface area contributed by atoms with Crippen LogP contribution in [0.25, 0.3) is 11.2 Å². The van der Waals surface area contributed by atoms with Crippen LogP contribution in [0.2, 0.25) is 0 Å². The number of likely N-dealkylation sites (tertiary alicyclic amines) is 1. The number of aromatic nitrogens is 4. The maximum absolute atomic E-state index is 13.4. The molecular weight excluding hydrogens is 445 g/mol. The highest BCUT2D eigenvalue weighted by Gasteiger charge is 2.23. The van der Waals surface area contributed by atoms with Gasteiger partial charge in [-0.25, -0.2) is 19.2 Å². The Bertz CT molecular complexity index is 1270. The summed E-state index contributed by atoms with van der Waals surface area (Å²) >= 11 is 0. The van der Waals surface area contributed by atoms with Crippen molar-refractivity contribution in [1.82, 2.24) is 24.4 Å². The van der Waals surface area contributed by atoms with Gasteiger partial charge in [0.25, 0.3) is 0 Å². The van der Waals surface area contributed by atoms with Gasteiger partial charge in [-0.15, -0.1) is 0 Å². The first-order valence-corrected chi connectivity index (χ1v) is 12.0. The fourth-order valence-corrected chi connectivity index (χ4v) is 4.61. The second kappa shape index (κ2) is 10.7. The van der Waals surface area contributed by atoms with E-state index in [4.69, 9.17) is 9.72 Å². The number of halogens is 1. The van der Waals surface area contributed by atoms with Crippen LogP contribution in [-0.4, -0.2) is 56.6 Å². The van der Waals surface area contributed by atoms with E-state index in [-0.39, 0.29) is 11.8 Å². The van der Waals surface area contributed by atoms with Crippen LogP contribution < -0.4 is 0 Å². The summed E-state index contributed by atoms with van der Waals surface area (Å²) in [6, 6.07) is 13.9. The minimum atomic E-state index is -0.332. The van der Waals surface area contributed by atoms with Crippen LogP contribution in [0.5, 0.6) is 0 Å². The van der Waals surface area contributed by atoms with E-state index in [0.29, 0.717) is 24.6 Å². The molecule has 4 aromatic rings. The summed E-state index contributed by atoms with van der Waals surface area (Å²) in [5, 5.41) is 0. The molecule has 5 rings (SSSR count). The Morgan fingerprint density at radius 3 is 2.63 bits per heavy atom. The average molecular weight is 474 g/mol. The predicted molar refractivity (Wildman–Crippen MR) is 130 cm³/mol. The molecule has 0 aliphatic carbocycles. The largest absolute Gasteiger partial charge is 0.461 e. The summed E-state index contributed by atoms with van der Waals surface area (Å²) in [4.78, 5) is 27.8. The van der Waals surface area contributed by atoms with Crippen molar-refractivity contribution < 1.29 is 13.9 Å². The molecule has 4 heterocycles. The summed E-state index contributed by atoms with van der Waals surface area (Å²) in [5.41, 5.74) is 3.25. The monoisotopic (exact) mass is 473 g/mol. The number of pyridine rings is 2. The van der Waals surface area contributed by atoms with Gasteiger partial charge in [-0.1, -0.05) is 12.1 Å². The third-order valence-electron chi connectivity index (χ3n) is 6.55. The van der Waals surface area contributed by atoms with Gasteiger partial charge >= 0.3 is 5.97 Å². The molecule has 0 saturated carbocycles. The molecule has 3 aromatic heterocycles. The quantitative estimate of drug-likeness (QED) is 0.359. The molecule has 1 aliphatic rings. The van der Waals surface area contributed by atoms with Crippen LogP contribution in [0.1, 0.15) is 34.6 Å². The Balaban J connectivity index is 1.17. The fraction of sp³-hybridized carbons (Fsp3) is 0.333. The van der Waals surface area contributed by atoms with Crippen LogP contribution >= 0.6 is 0 Å². The van der Waals surface area contributed by atoms with Crippen molar-refractivity contribution in [3.05, 3.63) is 89.9 Å². The zero-order valence-electron chi connectivity index (χ0n) is 19.5. The Labute approximate surface area is 203 Å². The lowest BCUT2D eigenvalue weighted by atomic mass is 9.93. The highest BCUT2D eigenvalue weighted by molar-refractivity contribution is 5.88. The molecule has 0 radical (unpaired) electrons. The lowest BCUT2D eigenvalue weighted by Gasteiger charge is -2.31. The van der Waals surface area contributed by atoms with E-state index < -0.39 is 0 Å². The second-order valence-electron chi connectivity index (χ2n) is 8.95. The number of benzene rings is 1. The summed E-state index contributed by atoms with van der Waals surface area (Å²) in [7, 11) is 0. The van der Waals surface area contributed by atoms with Crippen molar-refractivity contribution in [2.75, 3.05) is 26.2 Å². The van der Waals surface area contributed by atoms with E-state index in [1.807, 2.05) is 24.3 Å². The number of nitrogens with zero attached hydrogens (tertiary/aromatic N) is 5. The summed E-state index contributed by atoms with van der Waals surface area (Å²) in [5.74, 6) is 0.975. The molecule has 0 amide bonds. The van der Waals surface area contributed by atoms with E-state index in [1.54, 1.807) is 24.5 Å². The Hall–Kier alpha value is -3.65. The van der Waals surface area contributed by atoms with Crippen LogP contribution in [0.3, 0.4) is 0 Å². The smallest absolute Gasteiger partial charge is 0.339 e. The lowest BCUT2D eigenvalue weighted by Crippen LogP contribution is -2.37. The highest BCUT2D eigenvalue weighted by Crippen LogP contribution is 2.24. The molecule has 0 N–H and O–H groups in total. The molecule has 1 saturated heterocycles. The normalized spacial score (nSPS) is 14.9. The van der Waals surface area contributed by atoms with Crippen molar-refractivity contribution in [2.24, 2.45) is 5.92 Å². The van der Waals surface area contributed by atoms with Crippen molar-refractivity contribution >= 4 is 17.1 Å². The van der Waals surface area contributed by atoms with Gasteiger partial charge in [0.05, 0.1) is 12.1 Å². The molecule has 0 unspecified atom stereocenters. The number of esters is 1. The number of carbonyl (C=O) groups is 1. The first-order chi connectivity index (χ1) is 17.2. The number of hydrogen-bond donors (Lipinski definition) is 0. The molecular formula is C27H28FN5O2. The lowest BCUT2D eigenvalue weighted by molar-refractivity contribution is 0.0440. The van der Waals surface area contributed by atoms with Crippen LogP contribution in [0, 0.1) is 11.7 Å². The second-order valence-corrected chi connectivity index (χ2v) is 8.95. The molecule has 1 aromatic carbocycles. The first-order valence-electron chi connectivity index (χ1n) is 12.0. The third kappa shape index (κ3) is 5.71. The SMILES string of the molecule is O=C(OCCN1CCC(Cc2nc3cccnc3n2Cc2ccc(F)cc2)CC1)c1cccnc1.